The summed E-state index contributed by atoms with van der Waals surface area (Å²) in [6.45, 7) is 6.78. The molecule has 0 saturated heterocycles. The standard InChI is InChI=1S/C28H28F4O3/c1-17(2)13-25(26(33)34)20-14-19(18-5-7-21(8-6-18)27(3,4)29)15-24(16-20)35-23-11-9-22(10-12-23)28(30,31)32/h5-12,14-17,25H,13H2,1-4H3,(H,33,34). The lowest BCUT2D eigenvalue weighted by Crippen LogP contribution is -2.14. The first-order valence-electron chi connectivity index (χ1n) is 11.3. The first kappa shape index (κ1) is 26.3. The molecule has 0 bridgehead atoms. The van der Waals surface area contributed by atoms with Crippen molar-refractivity contribution in [2.45, 2.75) is 51.9 Å². The molecule has 0 aliphatic rings. The van der Waals surface area contributed by atoms with E-state index < -0.39 is 29.3 Å². The molecule has 3 aromatic carbocycles. The van der Waals surface area contributed by atoms with Gasteiger partial charge in [-0.3, -0.25) is 4.79 Å². The van der Waals surface area contributed by atoms with Crippen LogP contribution in [0.1, 0.15) is 56.7 Å². The molecule has 0 aromatic heterocycles. The number of aliphatic carboxylic acids is 1. The zero-order chi connectivity index (χ0) is 26.0. The van der Waals surface area contributed by atoms with Crippen LogP contribution in [0.3, 0.4) is 0 Å². The largest absolute Gasteiger partial charge is 0.481 e. The quantitative estimate of drug-likeness (QED) is 0.323. The third kappa shape index (κ3) is 6.84. The van der Waals surface area contributed by atoms with Gasteiger partial charge < -0.3 is 9.84 Å². The first-order valence-corrected chi connectivity index (χ1v) is 11.3. The summed E-state index contributed by atoms with van der Waals surface area (Å²) in [6, 6.07) is 16.2. The van der Waals surface area contributed by atoms with Crippen LogP contribution in [0.15, 0.2) is 66.7 Å². The summed E-state index contributed by atoms with van der Waals surface area (Å²) >= 11 is 0. The Morgan fingerprint density at radius 2 is 1.40 bits per heavy atom. The molecular formula is C28H28F4O3. The van der Waals surface area contributed by atoms with Gasteiger partial charge in [-0.2, -0.15) is 13.2 Å². The Morgan fingerprint density at radius 3 is 1.89 bits per heavy atom. The third-order valence-electron chi connectivity index (χ3n) is 5.66. The van der Waals surface area contributed by atoms with Gasteiger partial charge in [0.25, 0.3) is 0 Å². The number of rotatable bonds is 8. The molecule has 0 saturated carbocycles. The molecule has 35 heavy (non-hydrogen) atoms. The molecule has 3 nitrogen and oxygen atoms in total. The second kappa shape index (κ2) is 10.1. The fourth-order valence-corrected chi connectivity index (χ4v) is 3.81. The van der Waals surface area contributed by atoms with Crippen LogP contribution in [0.5, 0.6) is 11.5 Å². The van der Waals surface area contributed by atoms with Crippen molar-refractivity contribution in [2.24, 2.45) is 5.92 Å². The van der Waals surface area contributed by atoms with Crippen molar-refractivity contribution in [3.8, 4) is 22.6 Å². The van der Waals surface area contributed by atoms with Crippen molar-refractivity contribution >= 4 is 5.97 Å². The summed E-state index contributed by atoms with van der Waals surface area (Å²) in [7, 11) is 0. The number of benzene rings is 3. The van der Waals surface area contributed by atoms with Crippen LogP contribution in [0, 0.1) is 5.92 Å². The molecule has 7 heteroatoms. The van der Waals surface area contributed by atoms with Crippen molar-refractivity contribution < 1.29 is 32.2 Å². The smallest absolute Gasteiger partial charge is 0.416 e. The minimum atomic E-state index is -4.46. The predicted octanol–water partition coefficient (Wildman–Crippen LogP) is 8.58. The van der Waals surface area contributed by atoms with Crippen LogP contribution < -0.4 is 4.74 Å². The SMILES string of the molecule is CC(C)CC(C(=O)O)c1cc(Oc2ccc(C(F)(F)F)cc2)cc(-c2ccc(C(C)(C)F)cc2)c1. The molecule has 186 valence electrons. The van der Waals surface area contributed by atoms with Crippen LogP contribution in [-0.4, -0.2) is 11.1 Å². The summed E-state index contributed by atoms with van der Waals surface area (Å²) in [6.07, 6.45) is -4.06. The second-order valence-corrected chi connectivity index (χ2v) is 9.49. The van der Waals surface area contributed by atoms with Crippen LogP contribution >= 0.6 is 0 Å². The Hall–Kier alpha value is -3.35. The normalized spacial score (nSPS) is 13.1. The number of alkyl halides is 4. The molecule has 0 fully saturated rings. The van der Waals surface area contributed by atoms with Gasteiger partial charge in [-0.15, -0.1) is 0 Å². The van der Waals surface area contributed by atoms with E-state index in [4.69, 9.17) is 4.74 Å². The molecule has 0 amide bonds. The van der Waals surface area contributed by atoms with Gasteiger partial charge >= 0.3 is 12.1 Å². The average molecular weight is 489 g/mol. The van der Waals surface area contributed by atoms with E-state index in [1.165, 1.54) is 26.0 Å². The maximum atomic E-state index is 14.3. The lowest BCUT2D eigenvalue weighted by Gasteiger charge is -2.19. The Morgan fingerprint density at radius 1 is 0.829 bits per heavy atom. The van der Waals surface area contributed by atoms with E-state index >= 15 is 0 Å². The van der Waals surface area contributed by atoms with Gasteiger partial charge in [0.1, 0.15) is 17.2 Å². The fraction of sp³-hybridized carbons (Fsp3) is 0.321. The first-order chi connectivity index (χ1) is 16.2. The molecule has 3 rings (SSSR count). The monoisotopic (exact) mass is 488 g/mol. The molecule has 1 unspecified atom stereocenters. The van der Waals surface area contributed by atoms with E-state index in [1.807, 2.05) is 13.8 Å². The van der Waals surface area contributed by atoms with Gasteiger partial charge in [0.15, 0.2) is 0 Å². The summed E-state index contributed by atoms with van der Waals surface area (Å²) < 4.78 is 58.8. The van der Waals surface area contributed by atoms with E-state index in [0.717, 1.165) is 17.7 Å². The maximum Gasteiger partial charge on any atom is 0.416 e. The minimum absolute atomic E-state index is 0.116. The number of carboxylic acids is 1. The van der Waals surface area contributed by atoms with E-state index in [1.54, 1.807) is 42.5 Å². The number of ether oxygens (including phenoxy) is 1. The lowest BCUT2D eigenvalue weighted by molar-refractivity contribution is -0.139. The van der Waals surface area contributed by atoms with Crippen LogP contribution in [0.4, 0.5) is 17.6 Å². The molecular weight excluding hydrogens is 460 g/mol. The number of carboxylic acid groups (broad SMARTS) is 1. The van der Waals surface area contributed by atoms with Crippen molar-refractivity contribution in [1.82, 2.24) is 0 Å². The Balaban J connectivity index is 2.04. The van der Waals surface area contributed by atoms with Gasteiger partial charge in [0, 0.05) is 0 Å². The summed E-state index contributed by atoms with van der Waals surface area (Å²) in [4.78, 5) is 12.1. The minimum Gasteiger partial charge on any atom is -0.481 e. The van der Waals surface area contributed by atoms with E-state index in [-0.39, 0.29) is 11.7 Å². The van der Waals surface area contributed by atoms with E-state index in [9.17, 15) is 27.5 Å². The number of carbonyl (C=O) groups is 1. The number of halogens is 4. The molecule has 0 radical (unpaired) electrons. The molecule has 0 aliphatic heterocycles. The molecule has 1 atom stereocenters. The van der Waals surface area contributed by atoms with Crippen molar-refractivity contribution in [3.63, 3.8) is 0 Å². The summed E-state index contributed by atoms with van der Waals surface area (Å²) in [5.41, 5.74) is 0.0944. The van der Waals surface area contributed by atoms with Crippen LogP contribution in [0.25, 0.3) is 11.1 Å². The van der Waals surface area contributed by atoms with Gasteiger partial charge in [-0.1, -0.05) is 44.2 Å². The zero-order valence-electron chi connectivity index (χ0n) is 20.0. The van der Waals surface area contributed by atoms with E-state index in [0.29, 0.717) is 28.9 Å². The van der Waals surface area contributed by atoms with Crippen molar-refractivity contribution in [1.29, 1.82) is 0 Å². The average Bonchev–Trinajstić information content (AvgIpc) is 2.76. The lowest BCUT2D eigenvalue weighted by atomic mass is 9.88. The summed E-state index contributed by atoms with van der Waals surface area (Å²) in [5.74, 6) is -1.18. The molecule has 1 N–H and O–H groups in total. The highest BCUT2D eigenvalue weighted by Gasteiger charge is 2.30. The van der Waals surface area contributed by atoms with Gasteiger partial charge in [0.2, 0.25) is 0 Å². The van der Waals surface area contributed by atoms with E-state index in [2.05, 4.69) is 0 Å². The van der Waals surface area contributed by atoms with Gasteiger partial charge in [-0.25, -0.2) is 4.39 Å². The molecule has 3 aromatic rings. The third-order valence-corrected chi connectivity index (χ3v) is 5.66. The topological polar surface area (TPSA) is 46.5 Å². The molecule has 0 aliphatic carbocycles. The Labute approximate surface area is 202 Å². The van der Waals surface area contributed by atoms with Crippen LogP contribution in [-0.2, 0) is 16.6 Å². The predicted molar refractivity (Wildman–Crippen MR) is 127 cm³/mol. The fourth-order valence-electron chi connectivity index (χ4n) is 3.81. The van der Waals surface area contributed by atoms with Crippen molar-refractivity contribution in [3.05, 3.63) is 83.4 Å². The molecule has 0 spiro atoms. The Kier molecular flexibility index (Phi) is 7.58. The summed E-state index contributed by atoms with van der Waals surface area (Å²) in [5, 5.41) is 9.86. The highest BCUT2D eigenvalue weighted by atomic mass is 19.4. The van der Waals surface area contributed by atoms with Crippen molar-refractivity contribution in [2.75, 3.05) is 0 Å². The van der Waals surface area contributed by atoms with Gasteiger partial charge in [-0.05, 0) is 84.8 Å². The zero-order valence-corrected chi connectivity index (χ0v) is 20.0. The van der Waals surface area contributed by atoms with Crippen LogP contribution in [0.2, 0.25) is 0 Å². The Bertz CT molecular complexity index is 1160. The highest BCUT2D eigenvalue weighted by molar-refractivity contribution is 5.78. The number of hydrogen-bond donors (Lipinski definition) is 1. The number of hydrogen-bond acceptors (Lipinski definition) is 2. The highest BCUT2D eigenvalue weighted by Crippen LogP contribution is 2.36. The molecule has 0 heterocycles. The second-order valence-electron chi connectivity index (χ2n) is 9.49. The van der Waals surface area contributed by atoms with Gasteiger partial charge in [0.05, 0.1) is 11.5 Å². The maximum absolute atomic E-state index is 14.3.